The minimum atomic E-state index is 0. The first-order valence-electron chi connectivity index (χ1n) is 1.22. The van der Waals surface area contributed by atoms with Crippen molar-refractivity contribution in [3.8, 4) is 0 Å². The first-order valence-corrected chi connectivity index (χ1v) is 1.22. The molecule has 1 radical (unpaired) electrons. The smallest absolute Gasteiger partial charge is 0 e. The Morgan fingerprint density at radius 3 is 2.67 bits per heavy atom. The standard InChI is InChI=1S/C2H2N3.Ir/c1-3-2-5-4-1;/h1H,(H,3,4,5);/q-1;. The second-order valence-electron chi connectivity index (χ2n) is 0.599. The summed E-state index contributed by atoms with van der Waals surface area (Å²) >= 11 is 0. The van der Waals surface area contributed by atoms with Crippen LogP contribution in [0.4, 0.5) is 0 Å². The Kier molecular flexibility index (Phi) is 2.89. The van der Waals surface area contributed by atoms with Gasteiger partial charge >= 0.3 is 0 Å². The van der Waals surface area contributed by atoms with Crippen LogP contribution in [0.5, 0.6) is 0 Å². The molecule has 3 nitrogen and oxygen atoms in total. The van der Waals surface area contributed by atoms with E-state index < -0.39 is 0 Å². The fraction of sp³-hybridized carbons (Fsp3) is 0. The van der Waals surface area contributed by atoms with E-state index in [9.17, 15) is 0 Å². The molecular weight excluding hydrogens is 258 g/mol. The minimum Gasteiger partial charge on any atom is -0.421 e. The third-order valence-corrected chi connectivity index (χ3v) is 0.295. The number of aromatic amines is 1. The molecule has 1 aromatic rings. The van der Waals surface area contributed by atoms with Gasteiger partial charge in [0.15, 0.2) is 0 Å². The van der Waals surface area contributed by atoms with Crippen LogP contribution in [0.3, 0.4) is 0 Å². The van der Waals surface area contributed by atoms with E-state index in [0.717, 1.165) is 0 Å². The number of H-pyrrole nitrogens is 1. The van der Waals surface area contributed by atoms with Crippen LogP contribution in [0.25, 0.3) is 0 Å². The molecule has 1 N–H and O–H groups in total. The van der Waals surface area contributed by atoms with Crippen LogP contribution in [0.1, 0.15) is 0 Å². The van der Waals surface area contributed by atoms with Gasteiger partial charge in [0, 0.05) is 20.1 Å². The van der Waals surface area contributed by atoms with E-state index in [1.165, 1.54) is 6.33 Å². The molecule has 4 heteroatoms. The van der Waals surface area contributed by atoms with Gasteiger partial charge in [-0.25, -0.2) is 0 Å². The monoisotopic (exact) mass is 261 g/mol. The molecule has 1 rings (SSSR count). The molecule has 0 aliphatic rings. The van der Waals surface area contributed by atoms with Gasteiger partial charge in [-0.1, -0.05) is 0 Å². The summed E-state index contributed by atoms with van der Waals surface area (Å²) in [6, 6.07) is 0. The molecule has 35 valence electrons. The fourth-order valence-electron chi connectivity index (χ4n) is 0.144. The molecule has 0 saturated carbocycles. The first kappa shape index (κ1) is 5.79. The Balaban J connectivity index is 0.000000250. The van der Waals surface area contributed by atoms with Crippen molar-refractivity contribution in [3.63, 3.8) is 0 Å². The van der Waals surface area contributed by atoms with Crippen molar-refractivity contribution in [1.29, 1.82) is 0 Å². The van der Waals surface area contributed by atoms with E-state index in [0.29, 0.717) is 0 Å². The summed E-state index contributed by atoms with van der Waals surface area (Å²) in [5.41, 5.74) is 0. The third kappa shape index (κ3) is 1.29. The van der Waals surface area contributed by atoms with E-state index in [-0.39, 0.29) is 20.1 Å². The average Bonchev–Trinajstić information content (AvgIpc) is 1.76. The maximum atomic E-state index is 3.43. The SMILES string of the molecule is [Ir].[c-]1nc[nH]n1. The summed E-state index contributed by atoms with van der Waals surface area (Å²) in [7, 11) is 0. The first-order chi connectivity index (χ1) is 2.50. The zero-order valence-corrected chi connectivity index (χ0v) is 5.20. The van der Waals surface area contributed by atoms with E-state index >= 15 is 0 Å². The Morgan fingerprint density at radius 2 is 2.50 bits per heavy atom. The van der Waals surface area contributed by atoms with Gasteiger partial charge in [0.2, 0.25) is 0 Å². The Labute approximate surface area is 48.5 Å². The largest absolute Gasteiger partial charge is 0.421 e. The molecule has 0 spiro atoms. The second kappa shape index (κ2) is 3.00. The second-order valence-corrected chi connectivity index (χ2v) is 0.599. The number of nitrogens with zero attached hydrogens (tertiary/aromatic N) is 2. The number of rotatable bonds is 0. The Morgan fingerprint density at radius 1 is 1.67 bits per heavy atom. The number of hydrogen-bond acceptors (Lipinski definition) is 2. The summed E-state index contributed by atoms with van der Waals surface area (Å²) in [6.45, 7) is 0. The van der Waals surface area contributed by atoms with Gasteiger partial charge in [0.1, 0.15) is 0 Å². The summed E-state index contributed by atoms with van der Waals surface area (Å²) < 4.78 is 0. The van der Waals surface area contributed by atoms with Crippen molar-refractivity contribution in [2.45, 2.75) is 0 Å². The normalized spacial score (nSPS) is 6.67. The molecule has 0 aliphatic carbocycles. The number of nitrogens with one attached hydrogen (secondary N) is 1. The topological polar surface area (TPSA) is 41.6 Å². The molecule has 1 aromatic heterocycles. The zero-order chi connectivity index (χ0) is 3.54. The van der Waals surface area contributed by atoms with Crippen LogP contribution >= 0.6 is 0 Å². The van der Waals surface area contributed by atoms with Crippen LogP contribution in [-0.4, -0.2) is 15.2 Å². The van der Waals surface area contributed by atoms with Crippen molar-refractivity contribution < 1.29 is 20.1 Å². The van der Waals surface area contributed by atoms with E-state index in [1.807, 2.05) is 0 Å². The van der Waals surface area contributed by atoms with Crippen LogP contribution in [-0.2, 0) is 20.1 Å². The molecule has 0 amide bonds. The quantitative estimate of drug-likeness (QED) is 0.645. The molecule has 0 fully saturated rings. The van der Waals surface area contributed by atoms with Crippen molar-refractivity contribution in [3.05, 3.63) is 12.7 Å². The van der Waals surface area contributed by atoms with Gasteiger partial charge in [0.05, 0.1) is 0 Å². The van der Waals surface area contributed by atoms with E-state index in [4.69, 9.17) is 0 Å². The van der Waals surface area contributed by atoms with Crippen LogP contribution in [0.15, 0.2) is 6.33 Å². The third-order valence-electron chi connectivity index (χ3n) is 0.295. The predicted molar refractivity (Wildman–Crippen MR) is 15.2 cm³/mol. The van der Waals surface area contributed by atoms with Crippen LogP contribution in [0, 0.1) is 6.33 Å². The average molecular weight is 260 g/mol. The molecule has 0 saturated heterocycles. The van der Waals surface area contributed by atoms with Gasteiger partial charge < -0.3 is 10.1 Å². The summed E-state index contributed by atoms with van der Waals surface area (Å²) in [4.78, 5) is 3.43. The fourth-order valence-corrected chi connectivity index (χ4v) is 0.144. The van der Waals surface area contributed by atoms with Crippen molar-refractivity contribution in [2.24, 2.45) is 0 Å². The molecule has 6 heavy (non-hydrogen) atoms. The Bertz CT molecular complexity index is 65.3. The van der Waals surface area contributed by atoms with Gasteiger partial charge in [-0.05, 0) is 12.7 Å². The number of aromatic nitrogens is 3. The molecular formula is C2H2IrN3-. The summed E-state index contributed by atoms with van der Waals surface area (Å²) in [5, 5.41) is 5.81. The zero-order valence-electron chi connectivity index (χ0n) is 2.81. The Hall–Kier alpha value is -0.211. The van der Waals surface area contributed by atoms with Gasteiger partial charge in [-0.3, -0.25) is 5.10 Å². The molecule has 0 atom stereocenters. The predicted octanol–water partition coefficient (Wildman–Crippen LogP) is -0.398. The van der Waals surface area contributed by atoms with Crippen LogP contribution < -0.4 is 0 Å². The van der Waals surface area contributed by atoms with Crippen molar-refractivity contribution >= 4 is 0 Å². The molecule has 0 bridgehead atoms. The van der Waals surface area contributed by atoms with Crippen molar-refractivity contribution in [1.82, 2.24) is 15.2 Å². The molecule has 0 unspecified atom stereocenters. The van der Waals surface area contributed by atoms with Gasteiger partial charge in [-0.2, -0.15) is 0 Å². The maximum Gasteiger partial charge on any atom is 0 e. The van der Waals surface area contributed by atoms with E-state index in [2.05, 4.69) is 21.5 Å². The van der Waals surface area contributed by atoms with Crippen molar-refractivity contribution in [2.75, 3.05) is 0 Å². The molecule has 0 aromatic carbocycles. The summed E-state index contributed by atoms with van der Waals surface area (Å²) in [5.74, 6) is 0. The molecule has 1 heterocycles. The van der Waals surface area contributed by atoms with E-state index in [1.54, 1.807) is 0 Å². The van der Waals surface area contributed by atoms with Crippen LogP contribution in [0.2, 0.25) is 0 Å². The summed E-state index contributed by atoms with van der Waals surface area (Å²) in [6.07, 6.45) is 3.76. The maximum absolute atomic E-state index is 3.43. The van der Waals surface area contributed by atoms with Gasteiger partial charge in [0.25, 0.3) is 0 Å². The van der Waals surface area contributed by atoms with Gasteiger partial charge in [-0.15, -0.1) is 0 Å². The number of hydrogen-bond donors (Lipinski definition) is 1. The molecule has 0 aliphatic heterocycles. The minimum absolute atomic E-state index is 0.